The fourth-order valence-corrected chi connectivity index (χ4v) is 4.62. The van der Waals surface area contributed by atoms with Gasteiger partial charge in [0.15, 0.2) is 23.0 Å². The van der Waals surface area contributed by atoms with E-state index < -0.39 is 72.7 Å². The van der Waals surface area contributed by atoms with Crippen molar-refractivity contribution < 1.29 is 85.7 Å². The Morgan fingerprint density at radius 2 is 0.933 bits per heavy atom. The molecule has 2 aromatic rings. The first-order valence-electron chi connectivity index (χ1n) is 18.2. The largest absolute Gasteiger partial charge is 0.425 e. The molecule has 2 aromatic carbocycles. The minimum atomic E-state index is -1.09. The summed E-state index contributed by atoms with van der Waals surface area (Å²) in [7, 11) is 0. The van der Waals surface area contributed by atoms with Crippen molar-refractivity contribution in [3.05, 3.63) is 47.5 Å². The molecule has 0 saturated heterocycles. The third-order valence-electron chi connectivity index (χ3n) is 7.68. The van der Waals surface area contributed by atoms with Gasteiger partial charge in [-0.25, -0.2) is 19.2 Å². The highest BCUT2D eigenvalue weighted by atomic mass is 19.0. The van der Waals surface area contributed by atoms with E-state index in [2.05, 4.69) is 10.6 Å². The van der Waals surface area contributed by atoms with Crippen LogP contribution in [0.4, 0.5) is 19.0 Å². The first-order valence-corrected chi connectivity index (χ1v) is 18.2. The molecule has 60 heavy (non-hydrogen) atoms. The van der Waals surface area contributed by atoms with Crippen LogP contribution >= 0.6 is 0 Å². The van der Waals surface area contributed by atoms with Crippen LogP contribution < -0.4 is 41.0 Å². The van der Waals surface area contributed by atoms with Gasteiger partial charge in [0, 0.05) is 26.9 Å². The van der Waals surface area contributed by atoms with Crippen LogP contribution in [0.25, 0.3) is 0 Å². The maximum atomic E-state index is 11.8. The van der Waals surface area contributed by atoms with Gasteiger partial charge < -0.3 is 60.0 Å². The second-order valence-electron chi connectivity index (χ2n) is 13.5. The number of hydrogen-bond acceptors (Lipinski definition) is 18. The molecule has 0 bridgehead atoms. The summed E-state index contributed by atoms with van der Waals surface area (Å²) < 4.78 is 40.3. The minimum Gasteiger partial charge on any atom is -0.425 e. The topological polar surface area (TPSA) is 286 Å². The Kier molecular flexibility index (Phi) is 21.1. The zero-order chi connectivity index (χ0) is 43.1. The first kappa shape index (κ1) is 51.6. The summed E-state index contributed by atoms with van der Waals surface area (Å²) in [6, 6.07) is 7.21. The van der Waals surface area contributed by atoms with Gasteiger partial charge in [0.2, 0.25) is 12.6 Å². The number of amides is 2. The predicted octanol–water partition coefficient (Wildman–Crippen LogP) is 2.39. The van der Waals surface area contributed by atoms with E-state index in [9.17, 15) is 38.4 Å². The fraction of sp³-hybridized carbons (Fsp3) is 0.474. The van der Waals surface area contributed by atoms with Crippen molar-refractivity contribution in [2.45, 2.75) is 91.9 Å². The molecular weight excluding hydrogens is 806 g/mol. The highest BCUT2D eigenvalue weighted by Crippen LogP contribution is 2.32. The molecule has 2 heterocycles. The summed E-state index contributed by atoms with van der Waals surface area (Å²) in [6.07, 6.45) is -3.30. The van der Waals surface area contributed by atoms with Gasteiger partial charge in [-0.15, -0.1) is 0 Å². The van der Waals surface area contributed by atoms with Crippen LogP contribution in [0.5, 0.6) is 23.0 Å². The Morgan fingerprint density at radius 1 is 0.583 bits per heavy atom. The molecule has 0 spiro atoms. The van der Waals surface area contributed by atoms with E-state index in [1.807, 2.05) is 0 Å². The number of ether oxygens (including phenoxy) is 8. The lowest BCUT2D eigenvalue weighted by Crippen LogP contribution is -2.38. The third kappa shape index (κ3) is 17.2. The van der Waals surface area contributed by atoms with Gasteiger partial charge in [-0.2, -0.15) is 0 Å². The minimum absolute atomic E-state index is 0. The van der Waals surface area contributed by atoms with Crippen molar-refractivity contribution in [3.8, 4) is 23.0 Å². The molecule has 2 amide bonds. The van der Waals surface area contributed by atoms with E-state index in [1.54, 1.807) is 39.8 Å². The van der Waals surface area contributed by atoms with Crippen molar-refractivity contribution in [1.82, 2.24) is 10.6 Å². The lowest BCUT2D eigenvalue weighted by Gasteiger charge is -2.18. The van der Waals surface area contributed by atoms with Crippen LogP contribution in [0.2, 0.25) is 0 Å². The number of alkyl carbamates (subject to hydrolysis) is 2. The number of nitrogens with two attached hydrogens (primary N) is 2. The lowest BCUT2D eigenvalue weighted by molar-refractivity contribution is -0.169. The van der Waals surface area contributed by atoms with Gasteiger partial charge in [0.1, 0.15) is 12.1 Å². The normalized spacial score (nSPS) is 16.6. The van der Waals surface area contributed by atoms with E-state index in [0.717, 1.165) is 5.56 Å². The molecular formula is C38H50F2N4O16. The Balaban J connectivity index is 0.000000581. The molecule has 332 valence electrons. The number of benzene rings is 2. The molecule has 2 aliphatic heterocycles. The fourth-order valence-electron chi connectivity index (χ4n) is 4.62. The van der Waals surface area contributed by atoms with Gasteiger partial charge in [-0.05, 0) is 48.2 Å². The van der Waals surface area contributed by atoms with Crippen LogP contribution in [0.15, 0.2) is 36.4 Å². The van der Waals surface area contributed by atoms with E-state index >= 15 is 0 Å². The molecule has 0 aromatic heterocycles. The van der Waals surface area contributed by atoms with Crippen molar-refractivity contribution in [2.24, 2.45) is 23.3 Å². The summed E-state index contributed by atoms with van der Waals surface area (Å²) in [5.74, 6) is -3.92. The van der Waals surface area contributed by atoms with Crippen LogP contribution in [0.1, 0.15) is 65.5 Å². The smallest absolute Gasteiger partial charge is 0.410 e. The predicted molar refractivity (Wildman–Crippen MR) is 203 cm³/mol. The highest BCUT2D eigenvalue weighted by Gasteiger charge is 2.28. The van der Waals surface area contributed by atoms with Crippen LogP contribution in [-0.2, 0) is 60.6 Å². The van der Waals surface area contributed by atoms with Crippen molar-refractivity contribution >= 4 is 48.0 Å². The molecule has 0 fully saturated rings. The van der Waals surface area contributed by atoms with E-state index in [4.69, 9.17) is 49.4 Å². The third-order valence-corrected chi connectivity index (χ3v) is 7.68. The summed E-state index contributed by atoms with van der Waals surface area (Å²) >= 11 is 0. The molecule has 0 saturated carbocycles. The second kappa shape index (κ2) is 24.5. The molecule has 4 rings (SSSR count). The number of carbonyl (C=O) groups excluding carboxylic acids is 8. The van der Waals surface area contributed by atoms with E-state index in [0.29, 0.717) is 18.4 Å². The molecule has 6 N–H and O–H groups in total. The lowest BCUT2D eigenvalue weighted by atomic mass is 10.1. The second-order valence-corrected chi connectivity index (χ2v) is 13.5. The Labute approximate surface area is 342 Å². The number of fused-ring (bicyclic) bond motifs is 2. The standard InChI is InChI=1S/2C19H24N2O8.2FH/c1-10(2)17(23)26-11(3)27-19(25)21-7-6-12-4-5-14-15(8-12)28-16(22)9-13(20)18(24)29-14;1-10(2)17(23)26-11(3)27-19(25)21-7-6-12-4-5-14-15(8-12)29-18(24)13(20)9-16(22)28-14;;/h2*4-5,8,10-11,13H,6-7,9,20H2,1-3H3,(H,21,25);2*1H. The zero-order valence-corrected chi connectivity index (χ0v) is 33.7. The number of hydrogen-bond donors (Lipinski definition) is 4. The molecule has 0 aliphatic carbocycles. The zero-order valence-electron chi connectivity index (χ0n) is 33.7. The van der Waals surface area contributed by atoms with Gasteiger partial charge >= 0.3 is 48.0 Å². The Morgan fingerprint density at radius 3 is 1.33 bits per heavy atom. The molecule has 4 unspecified atom stereocenters. The summed E-state index contributed by atoms with van der Waals surface area (Å²) in [6.45, 7) is 9.98. The number of rotatable bonds is 12. The number of nitrogens with one attached hydrogen (secondary N) is 2. The van der Waals surface area contributed by atoms with E-state index in [-0.39, 0.29) is 70.2 Å². The molecule has 20 nitrogen and oxygen atoms in total. The molecule has 4 atom stereocenters. The number of carbonyl (C=O) groups is 8. The van der Waals surface area contributed by atoms with Crippen LogP contribution in [0.3, 0.4) is 0 Å². The monoisotopic (exact) mass is 856 g/mol. The maximum absolute atomic E-state index is 11.8. The summed E-state index contributed by atoms with van der Waals surface area (Å²) in [4.78, 5) is 93.5. The van der Waals surface area contributed by atoms with Crippen molar-refractivity contribution in [1.29, 1.82) is 0 Å². The highest BCUT2D eigenvalue weighted by molar-refractivity contribution is 5.88. The van der Waals surface area contributed by atoms with Gasteiger partial charge in [0.05, 0.1) is 24.7 Å². The van der Waals surface area contributed by atoms with Crippen LogP contribution in [0, 0.1) is 11.8 Å². The van der Waals surface area contributed by atoms with Gasteiger partial charge in [-0.1, -0.05) is 39.8 Å². The van der Waals surface area contributed by atoms with Gasteiger partial charge in [0.25, 0.3) is 0 Å². The first-order chi connectivity index (χ1) is 27.3. The average molecular weight is 857 g/mol. The molecule has 0 radical (unpaired) electrons. The molecule has 2 aliphatic rings. The van der Waals surface area contributed by atoms with Gasteiger partial charge in [-0.3, -0.25) is 28.6 Å². The van der Waals surface area contributed by atoms with E-state index in [1.165, 1.54) is 38.1 Å². The summed E-state index contributed by atoms with van der Waals surface area (Å²) in [5, 5.41) is 5.05. The maximum Gasteiger partial charge on any atom is 0.410 e. The van der Waals surface area contributed by atoms with Crippen molar-refractivity contribution in [2.75, 3.05) is 13.1 Å². The Hall–Kier alpha value is -6.42. The van der Waals surface area contributed by atoms with Crippen LogP contribution in [-0.4, -0.2) is 85.8 Å². The SMILES string of the molecule is CC(OC(=O)NCCc1ccc2c(c1)OC(=O)C(N)CC(=O)O2)OC(=O)C(C)C.CC(OC(=O)NCCc1ccc2c(c1)OC(=O)CC(N)C(=O)O2)OC(=O)C(C)C.F.F. The average Bonchev–Trinajstić information content (AvgIpc) is 3.12. The van der Waals surface area contributed by atoms with Crippen molar-refractivity contribution in [3.63, 3.8) is 0 Å². The number of esters is 6. The summed E-state index contributed by atoms with van der Waals surface area (Å²) in [5.41, 5.74) is 12.5. The molecule has 22 heteroatoms. The Bertz CT molecular complexity index is 1860. The number of halogens is 2. The quantitative estimate of drug-likeness (QED) is 0.135.